The Morgan fingerprint density at radius 1 is 1.32 bits per heavy atom. The van der Waals surface area contributed by atoms with Crippen molar-refractivity contribution in [1.29, 1.82) is 0 Å². The predicted molar refractivity (Wildman–Crippen MR) is 72.2 cm³/mol. The number of benzene rings is 1. The van der Waals surface area contributed by atoms with E-state index in [1.807, 2.05) is 0 Å². The molecule has 1 heterocycles. The van der Waals surface area contributed by atoms with Gasteiger partial charge in [-0.05, 0) is 29.8 Å². The number of methoxy groups -OCH3 is 1. The molecule has 1 N–H and O–H groups in total. The quantitative estimate of drug-likeness (QED) is 0.920. The lowest BCUT2D eigenvalue weighted by atomic mass is 10.0. The van der Waals surface area contributed by atoms with Crippen LogP contribution in [0, 0.1) is 0 Å². The Labute approximate surface area is 124 Å². The minimum absolute atomic E-state index is 0.0355. The molecule has 1 amide bonds. The molecule has 1 aromatic carbocycles. The van der Waals surface area contributed by atoms with Gasteiger partial charge in [0.25, 0.3) is 5.91 Å². The topological polar surface area (TPSA) is 51.5 Å². The summed E-state index contributed by atoms with van der Waals surface area (Å²) in [5.74, 6) is -0.447. The molecule has 1 unspecified atom stereocenters. The average molecular weight is 313 g/mol. The lowest BCUT2D eigenvalue weighted by Gasteiger charge is -2.19. The van der Waals surface area contributed by atoms with Crippen LogP contribution in [0.25, 0.3) is 0 Å². The van der Waals surface area contributed by atoms with Crippen molar-refractivity contribution in [3.8, 4) is 0 Å². The number of halogens is 3. The van der Waals surface area contributed by atoms with Crippen molar-refractivity contribution in [2.75, 3.05) is 13.7 Å². The SMILES string of the molecule is COCC(NC(=O)c1ccco1)c1cccc(C(F)(F)F)c1. The largest absolute Gasteiger partial charge is 0.459 e. The van der Waals surface area contributed by atoms with Crippen LogP contribution in [0.1, 0.15) is 27.7 Å². The molecule has 0 saturated heterocycles. The summed E-state index contributed by atoms with van der Waals surface area (Å²) >= 11 is 0. The fourth-order valence-electron chi connectivity index (χ4n) is 1.96. The smallest absolute Gasteiger partial charge is 0.416 e. The number of carbonyl (C=O) groups excluding carboxylic acids is 1. The molecule has 0 spiro atoms. The highest BCUT2D eigenvalue weighted by Gasteiger charge is 2.31. The third kappa shape index (κ3) is 3.88. The van der Waals surface area contributed by atoms with Crippen LogP contribution in [0.4, 0.5) is 13.2 Å². The van der Waals surface area contributed by atoms with Crippen LogP contribution >= 0.6 is 0 Å². The number of hydrogen-bond donors (Lipinski definition) is 1. The lowest BCUT2D eigenvalue weighted by Crippen LogP contribution is -2.31. The van der Waals surface area contributed by atoms with E-state index >= 15 is 0 Å². The zero-order valence-corrected chi connectivity index (χ0v) is 11.7. The molecular weight excluding hydrogens is 299 g/mol. The molecule has 2 aromatic rings. The third-order valence-electron chi connectivity index (χ3n) is 3.00. The van der Waals surface area contributed by atoms with Crippen molar-refractivity contribution in [2.45, 2.75) is 12.2 Å². The summed E-state index contributed by atoms with van der Waals surface area (Å²) in [6, 6.07) is 7.05. The molecule has 1 atom stereocenters. The summed E-state index contributed by atoms with van der Waals surface area (Å²) in [5, 5.41) is 2.59. The number of nitrogens with one attached hydrogen (secondary N) is 1. The molecule has 0 aliphatic rings. The van der Waals surface area contributed by atoms with E-state index in [0.29, 0.717) is 5.56 Å². The van der Waals surface area contributed by atoms with E-state index < -0.39 is 23.7 Å². The second kappa shape index (κ2) is 6.65. The monoisotopic (exact) mass is 313 g/mol. The lowest BCUT2D eigenvalue weighted by molar-refractivity contribution is -0.137. The Morgan fingerprint density at radius 3 is 2.68 bits per heavy atom. The Balaban J connectivity index is 2.22. The van der Waals surface area contributed by atoms with Crippen molar-refractivity contribution >= 4 is 5.91 Å². The molecule has 2 rings (SSSR count). The van der Waals surface area contributed by atoms with Gasteiger partial charge in [0.2, 0.25) is 0 Å². The Kier molecular flexibility index (Phi) is 4.87. The fraction of sp³-hybridized carbons (Fsp3) is 0.267. The zero-order chi connectivity index (χ0) is 16.2. The van der Waals surface area contributed by atoms with Crippen LogP contribution in [0.3, 0.4) is 0 Å². The number of carbonyl (C=O) groups is 1. The molecule has 4 nitrogen and oxygen atoms in total. The Morgan fingerprint density at radius 2 is 2.09 bits per heavy atom. The van der Waals surface area contributed by atoms with Crippen LogP contribution in [-0.4, -0.2) is 19.6 Å². The Bertz CT molecular complexity index is 623. The van der Waals surface area contributed by atoms with Crippen molar-refractivity contribution in [3.63, 3.8) is 0 Å². The number of ether oxygens (including phenoxy) is 1. The van der Waals surface area contributed by atoms with Crippen LogP contribution in [0.15, 0.2) is 47.1 Å². The first kappa shape index (κ1) is 16.1. The molecule has 0 fully saturated rings. The van der Waals surface area contributed by atoms with Gasteiger partial charge in [-0.3, -0.25) is 4.79 Å². The molecule has 0 saturated carbocycles. The normalized spacial score (nSPS) is 12.9. The summed E-state index contributed by atoms with van der Waals surface area (Å²) in [5.41, 5.74) is -0.477. The van der Waals surface area contributed by atoms with Gasteiger partial charge in [0.05, 0.1) is 24.5 Å². The molecule has 0 bridgehead atoms. The van der Waals surface area contributed by atoms with Gasteiger partial charge in [-0.1, -0.05) is 12.1 Å². The summed E-state index contributed by atoms with van der Waals surface area (Å²) in [6.07, 6.45) is -3.11. The number of amides is 1. The van der Waals surface area contributed by atoms with Crippen molar-refractivity contribution in [1.82, 2.24) is 5.32 Å². The van der Waals surface area contributed by atoms with Gasteiger partial charge in [-0.15, -0.1) is 0 Å². The van der Waals surface area contributed by atoms with Gasteiger partial charge in [-0.25, -0.2) is 0 Å². The number of hydrogen-bond acceptors (Lipinski definition) is 3. The summed E-state index contributed by atoms with van der Waals surface area (Å²) in [4.78, 5) is 12.0. The van der Waals surface area contributed by atoms with Crippen LogP contribution in [-0.2, 0) is 10.9 Å². The molecular formula is C15H14F3NO3. The maximum atomic E-state index is 12.8. The van der Waals surface area contributed by atoms with Gasteiger partial charge in [0, 0.05) is 7.11 Å². The molecule has 0 radical (unpaired) electrons. The molecule has 7 heteroatoms. The minimum Gasteiger partial charge on any atom is -0.459 e. The molecule has 0 aliphatic carbocycles. The van der Waals surface area contributed by atoms with E-state index in [1.54, 1.807) is 6.07 Å². The average Bonchev–Trinajstić information content (AvgIpc) is 3.00. The van der Waals surface area contributed by atoms with Gasteiger partial charge in [0.15, 0.2) is 5.76 Å². The predicted octanol–water partition coefficient (Wildman–Crippen LogP) is 3.42. The van der Waals surface area contributed by atoms with Crippen LogP contribution in [0.5, 0.6) is 0 Å². The summed E-state index contributed by atoms with van der Waals surface area (Å²) in [7, 11) is 1.40. The standard InChI is InChI=1S/C15H14F3NO3/c1-21-9-12(19-14(20)13-6-3-7-22-13)10-4-2-5-11(8-10)15(16,17)18/h2-8,12H,9H2,1H3,(H,19,20). The van der Waals surface area contributed by atoms with Crippen LogP contribution in [0.2, 0.25) is 0 Å². The number of alkyl halides is 3. The molecule has 1 aromatic heterocycles. The Hall–Kier alpha value is -2.28. The van der Waals surface area contributed by atoms with E-state index in [0.717, 1.165) is 12.1 Å². The summed E-state index contributed by atoms with van der Waals surface area (Å²) < 4.78 is 48.2. The highest BCUT2D eigenvalue weighted by molar-refractivity contribution is 5.91. The second-order valence-corrected chi connectivity index (χ2v) is 4.58. The van der Waals surface area contributed by atoms with Gasteiger partial charge >= 0.3 is 6.18 Å². The molecule has 0 aliphatic heterocycles. The van der Waals surface area contributed by atoms with Crippen LogP contribution < -0.4 is 5.32 Å². The van der Waals surface area contributed by atoms with E-state index in [-0.39, 0.29) is 12.4 Å². The third-order valence-corrected chi connectivity index (χ3v) is 3.00. The maximum Gasteiger partial charge on any atom is 0.416 e. The van der Waals surface area contributed by atoms with Crippen molar-refractivity contribution in [3.05, 3.63) is 59.5 Å². The minimum atomic E-state index is -4.45. The van der Waals surface area contributed by atoms with Gasteiger partial charge < -0.3 is 14.5 Å². The zero-order valence-electron chi connectivity index (χ0n) is 11.7. The number of rotatable bonds is 5. The summed E-state index contributed by atoms with van der Waals surface area (Å²) in [6.45, 7) is 0.0355. The first-order valence-electron chi connectivity index (χ1n) is 6.42. The molecule has 22 heavy (non-hydrogen) atoms. The van der Waals surface area contributed by atoms with E-state index in [1.165, 1.54) is 31.6 Å². The van der Waals surface area contributed by atoms with Crippen molar-refractivity contribution in [2.24, 2.45) is 0 Å². The highest BCUT2D eigenvalue weighted by atomic mass is 19.4. The first-order chi connectivity index (χ1) is 10.4. The van der Waals surface area contributed by atoms with E-state index in [4.69, 9.17) is 9.15 Å². The van der Waals surface area contributed by atoms with E-state index in [2.05, 4.69) is 5.32 Å². The first-order valence-corrected chi connectivity index (χ1v) is 6.42. The second-order valence-electron chi connectivity index (χ2n) is 4.58. The molecule has 118 valence electrons. The van der Waals surface area contributed by atoms with E-state index in [9.17, 15) is 18.0 Å². The fourth-order valence-corrected chi connectivity index (χ4v) is 1.96. The highest BCUT2D eigenvalue weighted by Crippen LogP contribution is 2.30. The van der Waals surface area contributed by atoms with Gasteiger partial charge in [-0.2, -0.15) is 13.2 Å². The van der Waals surface area contributed by atoms with Gasteiger partial charge in [0.1, 0.15) is 0 Å². The maximum absolute atomic E-state index is 12.8. The van der Waals surface area contributed by atoms with Crippen molar-refractivity contribution < 1.29 is 27.1 Å². The number of furan rings is 1.